The highest BCUT2D eigenvalue weighted by Crippen LogP contribution is 2.28. The highest BCUT2D eigenvalue weighted by molar-refractivity contribution is 6.06. The van der Waals surface area contributed by atoms with Crippen LogP contribution in [0.5, 0.6) is 0 Å². The normalized spacial score (nSPS) is 16.6. The van der Waals surface area contributed by atoms with Crippen molar-refractivity contribution in [3.63, 3.8) is 0 Å². The van der Waals surface area contributed by atoms with Crippen LogP contribution in [0.15, 0.2) is 29.4 Å². The third-order valence-electron chi connectivity index (χ3n) is 3.69. The molecule has 0 heterocycles. The first-order chi connectivity index (χ1) is 9.20. The molecule has 0 spiro atoms. The monoisotopic (exact) mass is 260 g/mol. The zero-order chi connectivity index (χ0) is 13.7. The number of hydrogen-bond donors (Lipinski definition) is 2. The zero-order valence-corrected chi connectivity index (χ0v) is 11.2. The van der Waals surface area contributed by atoms with Crippen LogP contribution in [0.3, 0.4) is 0 Å². The molecule has 2 rings (SSSR count). The Morgan fingerprint density at radius 3 is 2.74 bits per heavy atom. The molecule has 0 aromatic heterocycles. The Labute approximate surface area is 113 Å². The number of carbonyl (C=O) groups excluding carboxylic acids is 1. The average Bonchev–Trinajstić information content (AvgIpc) is 2.91. The second-order valence-electron chi connectivity index (χ2n) is 5.13. The van der Waals surface area contributed by atoms with Crippen molar-refractivity contribution in [1.82, 2.24) is 0 Å². The van der Waals surface area contributed by atoms with E-state index in [-0.39, 0.29) is 5.91 Å². The van der Waals surface area contributed by atoms with Crippen molar-refractivity contribution in [3.8, 4) is 0 Å². The van der Waals surface area contributed by atoms with Gasteiger partial charge in [-0.2, -0.15) is 0 Å². The molecular formula is C15H20N2O2. The van der Waals surface area contributed by atoms with Gasteiger partial charge >= 0.3 is 0 Å². The van der Waals surface area contributed by atoms with Gasteiger partial charge in [0.1, 0.15) is 0 Å². The summed E-state index contributed by atoms with van der Waals surface area (Å²) in [6, 6.07) is 7.38. The molecule has 0 bridgehead atoms. The number of nitrogens with zero attached hydrogens (tertiary/aromatic N) is 1. The van der Waals surface area contributed by atoms with E-state index in [4.69, 9.17) is 5.21 Å². The molecule has 1 aliphatic rings. The predicted octanol–water partition coefficient (Wildman–Crippen LogP) is 3.40. The molecule has 0 saturated heterocycles. The zero-order valence-electron chi connectivity index (χ0n) is 11.2. The maximum Gasteiger partial charge on any atom is 0.224 e. The summed E-state index contributed by atoms with van der Waals surface area (Å²) < 4.78 is 0. The molecular weight excluding hydrogens is 240 g/mol. The van der Waals surface area contributed by atoms with Crippen molar-refractivity contribution in [2.24, 2.45) is 11.1 Å². The quantitative estimate of drug-likeness (QED) is 0.495. The molecule has 19 heavy (non-hydrogen) atoms. The molecule has 1 amide bonds. The Morgan fingerprint density at radius 1 is 1.37 bits per heavy atom. The molecule has 4 nitrogen and oxygen atoms in total. The number of anilines is 1. The van der Waals surface area contributed by atoms with Crippen LogP contribution < -0.4 is 5.32 Å². The highest BCUT2D eigenvalue weighted by atomic mass is 16.4. The van der Waals surface area contributed by atoms with E-state index >= 15 is 0 Å². The molecule has 4 heteroatoms. The van der Waals surface area contributed by atoms with Gasteiger partial charge in [0.2, 0.25) is 5.91 Å². The van der Waals surface area contributed by atoms with E-state index in [2.05, 4.69) is 10.5 Å². The van der Waals surface area contributed by atoms with E-state index in [9.17, 15) is 4.79 Å². The van der Waals surface area contributed by atoms with Crippen molar-refractivity contribution in [3.05, 3.63) is 29.8 Å². The van der Waals surface area contributed by atoms with Crippen molar-refractivity contribution in [2.45, 2.75) is 39.0 Å². The smallest absolute Gasteiger partial charge is 0.224 e. The Bertz CT molecular complexity index is 477. The highest BCUT2D eigenvalue weighted by Gasteiger charge is 2.19. The number of benzene rings is 1. The summed E-state index contributed by atoms with van der Waals surface area (Å²) in [6.07, 6.45) is 5.39. The first-order valence-corrected chi connectivity index (χ1v) is 6.78. The Balaban J connectivity index is 2.03. The van der Waals surface area contributed by atoms with Crippen LogP contribution in [0.1, 0.15) is 44.6 Å². The summed E-state index contributed by atoms with van der Waals surface area (Å²) in [5.41, 5.74) is 1.96. The number of hydrogen-bond acceptors (Lipinski definition) is 3. The SMILES string of the molecule is C/C(=N\O)c1ccccc1NC(=O)CC1CCCC1. The van der Waals surface area contributed by atoms with Crippen LogP contribution in [0.4, 0.5) is 5.69 Å². The summed E-state index contributed by atoms with van der Waals surface area (Å²) in [7, 11) is 0. The van der Waals surface area contributed by atoms with Crippen molar-refractivity contribution < 1.29 is 10.0 Å². The summed E-state index contributed by atoms with van der Waals surface area (Å²) in [4.78, 5) is 12.0. The lowest BCUT2D eigenvalue weighted by atomic mass is 10.0. The fourth-order valence-corrected chi connectivity index (χ4v) is 2.64. The van der Waals surface area contributed by atoms with E-state index in [1.54, 1.807) is 6.92 Å². The predicted molar refractivity (Wildman–Crippen MR) is 75.6 cm³/mol. The number of amides is 1. The van der Waals surface area contributed by atoms with Crippen LogP contribution in [0.2, 0.25) is 0 Å². The Kier molecular flexibility index (Phi) is 4.55. The number of rotatable bonds is 4. The van der Waals surface area contributed by atoms with Gasteiger partial charge in [-0.25, -0.2) is 0 Å². The van der Waals surface area contributed by atoms with Crippen LogP contribution >= 0.6 is 0 Å². The van der Waals surface area contributed by atoms with Gasteiger partial charge < -0.3 is 10.5 Å². The van der Waals surface area contributed by atoms with Gasteiger partial charge in [0.25, 0.3) is 0 Å². The van der Waals surface area contributed by atoms with E-state index in [0.29, 0.717) is 23.7 Å². The van der Waals surface area contributed by atoms with Gasteiger partial charge in [-0.1, -0.05) is 36.2 Å². The van der Waals surface area contributed by atoms with Crippen LogP contribution in [0.25, 0.3) is 0 Å². The van der Waals surface area contributed by atoms with Crippen LogP contribution in [-0.2, 0) is 4.79 Å². The number of oxime groups is 1. The lowest BCUT2D eigenvalue weighted by Crippen LogP contribution is -2.17. The minimum Gasteiger partial charge on any atom is -0.411 e. The first-order valence-electron chi connectivity index (χ1n) is 6.78. The molecule has 1 aromatic carbocycles. The molecule has 1 fully saturated rings. The van der Waals surface area contributed by atoms with Gasteiger partial charge in [0, 0.05) is 17.7 Å². The first kappa shape index (κ1) is 13.6. The fourth-order valence-electron chi connectivity index (χ4n) is 2.64. The molecule has 1 saturated carbocycles. The molecule has 1 aliphatic carbocycles. The average molecular weight is 260 g/mol. The van der Waals surface area contributed by atoms with E-state index in [1.807, 2.05) is 24.3 Å². The maximum atomic E-state index is 12.0. The molecule has 0 aliphatic heterocycles. The van der Waals surface area contributed by atoms with Crippen LogP contribution in [-0.4, -0.2) is 16.8 Å². The minimum absolute atomic E-state index is 0.0464. The molecule has 0 unspecified atom stereocenters. The van der Waals surface area contributed by atoms with Gasteiger partial charge in [-0.15, -0.1) is 0 Å². The lowest BCUT2D eigenvalue weighted by molar-refractivity contribution is -0.117. The van der Waals surface area contributed by atoms with E-state index in [0.717, 1.165) is 18.4 Å². The number of para-hydroxylation sites is 1. The van der Waals surface area contributed by atoms with Crippen LogP contribution in [0, 0.1) is 5.92 Å². The topological polar surface area (TPSA) is 61.7 Å². The molecule has 0 radical (unpaired) electrons. The standard InChI is InChI=1S/C15H20N2O2/c1-11(17-19)13-8-4-5-9-14(13)16-15(18)10-12-6-2-3-7-12/h4-5,8-9,12,19H,2-3,6-7,10H2,1H3,(H,16,18)/b17-11+. The van der Waals surface area contributed by atoms with Gasteiger partial charge in [-0.3, -0.25) is 4.79 Å². The fraction of sp³-hybridized carbons (Fsp3) is 0.467. The van der Waals surface area contributed by atoms with Gasteiger partial charge in [0.05, 0.1) is 5.71 Å². The number of nitrogens with one attached hydrogen (secondary N) is 1. The molecule has 1 aromatic rings. The van der Waals surface area contributed by atoms with Gasteiger partial charge in [-0.05, 0) is 31.7 Å². The third-order valence-corrected chi connectivity index (χ3v) is 3.69. The maximum absolute atomic E-state index is 12.0. The summed E-state index contributed by atoms with van der Waals surface area (Å²) >= 11 is 0. The van der Waals surface area contributed by atoms with Crippen molar-refractivity contribution in [2.75, 3.05) is 5.32 Å². The Hall–Kier alpha value is -1.84. The van der Waals surface area contributed by atoms with E-state index in [1.165, 1.54) is 12.8 Å². The van der Waals surface area contributed by atoms with E-state index < -0.39 is 0 Å². The molecule has 0 atom stereocenters. The third kappa shape index (κ3) is 3.56. The van der Waals surface area contributed by atoms with Crippen molar-refractivity contribution >= 4 is 17.3 Å². The minimum atomic E-state index is 0.0464. The lowest BCUT2D eigenvalue weighted by Gasteiger charge is -2.12. The summed E-state index contributed by atoms with van der Waals surface area (Å²) in [6.45, 7) is 1.71. The molecule has 102 valence electrons. The Morgan fingerprint density at radius 2 is 2.05 bits per heavy atom. The number of carbonyl (C=O) groups is 1. The summed E-state index contributed by atoms with van der Waals surface area (Å²) in [5.74, 6) is 0.574. The molecule has 2 N–H and O–H groups in total. The second kappa shape index (κ2) is 6.36. The second-order valence-corrected chi connectivity index (χ2v) is 5.13. The largest absolute Gasteiger partial charge is 0.411 e. The van der Waals surface area contributed by atoms with Gasteiger partial charge in [0.15, 0.2) is 0 Å². The van der Waals surface area contributed by atoms with Crippen molar-refractivity contribution in [1.29, 1.82) is 0 Å². The summed E-state index contributed by atoms with van der Waals surface area (Å²) in [5, 5.41) is 15.0.